The molecule has 4 heteroatoms. The second-order valence-corrected chi connectivity index (χ2v) is 4.81. The highest BCUT2D eigenvalue weighted by molar-refractivity contribution is 5.97. The molecule has 17 heavy (non-hydrogen) atoms. The first-order valence-corrected chi connectivity index (χ1v) is 6.17. The summed E-state index contributed by atoms with van der Waals surface area (Å²) in [5, 5.41) is 3.26. The third-order valence-corrected chi connectivity index (χ3v) is 3.64. The number of primary amides is 1. The number of nitrogens with zero attached hydrogens (tertiary/aromatic N) is 1. The standard InChI is InChI=1S/C13H19N3O/c1-9-4-2-5-10(9)8-16-13-11(12(14)17)6-3-7-15-13/h3,6-7,9-10H,2,4-5,8H2,1H3,(H2,14,17)(H,15,16). The van der Waals surface area contributed by atoms with Crippen molar-refractivity contribution in [2.75, 3.05) is 11.9 Å². The lowest BCUT2D eigenvalue weighted by Gasteiger charge is -2.17. The summed E-state index contributed by atoms with van der Waals surface area (Å²) in [5.74, 6) is 1.61. The van der Waals surface area contributed by atoms with Gasteiger partial charge < -0.3 is 11.1 Å². The first-order chi connectivity index (χ1) is 8.18. The lowest BCUT2D eigenvalue weighted by molar-refractivity contribution is 0.100. The van der Waals surface area contributed by atoms with Gasteiger partial charge in [-0.1, -0.05) is 19.8 Å². The van der Waals surface area contributed by atoms with Gasteiger partial charge in [0.2, 0.25) is 0 Å². The minimum Gasteiger partial charge on any atom is -0.369 e. The number of carbonyl (C=O) groups excluding carboxylic acids is 1. The fourth-order valence-corrected chi connectivity index (χ4v) is 2.50. The summed E-state index contributed by atoms with van der Waals surface area (Å²) in [4.78, 5) is 15.4. The third-order valence-electron chi connectivity index (χ3n) is 3.64. The van der Waals surface area contributed by atoms with Crippen LogP contribution >= 0.6 is 0 Å². The molecule has 0 bridgehead atoms. The fraction of sp³-hybridized carbons (Fsp3) is 0.538. The van der Waals surface area contributed by atoms with Gasteiger partial charge in [-0.2, -0.15) is 0 Å². The molecule has 1 amide bonds. The van der Waals surface area contributed by atoms with Crippen molar-refractivity contribution < 1.29 is 4.79 Å². The molecule has 2 rings (SSSR count). The van der Waals surface area contributed by atoms with E-state index >= 15 is 0 Å². The lowest BCUT2D eigenvalue weighted by Crippen LogP contribution is -2.20. The number of nitrogens with one attached hydrogen (secondary N) is 1. The zero-order chi connectivity index (χ0) is 12.3. The van der Waals surface area contributed by atoms with Gasteiger partial charge in [-0.25, -0.2) is 4.98 Å². The molecule has 2 unspecified atom stereocenters. The van der Waals surface area contributed by atoms with E-state index in [1.165, 1.54) is 19.3 Å². The zero-order valence-electron chi connectivity index (χ0n) is 10.1. The lowest BCUT2D eigenvalue weighted by atomic mass is 9.98. The van der Waals surface area contributed by atoms with Crippen LogP contribution in [0.2, 0.25) is 0 Å². The van der Waals surface area contributed by atoms with Gasteiger partial charge in [0.1, 0.15) is 5.82 Å². The molecule has 0 aliphatic heterocycles. The van der Waals surface area contributed by atoms with Crippen molar-refractivity contribution in [3.05, 3.63) is 23.9 Å². The van der Waals surface area contributed by atoms with Gasteiger partial charge in [-0.15, -0.1) is 0 Å². The van der Waals surface area contributed by atoms with Crippen LogP contribution in [0.25, 0.3) is 0 Å². The summed E-state index contributed by atoms with van der Waals surface area (Å²) in [6.45, 7) is 3.16. The van der Waals surface area contributed by atoms with E-state index in [2.05, 4.69) is 17.2 Å². The van der Waals surface area contributed by atoms with E-state index in [4.69, 9.17) is 5.73 Å². The summed E-state index contributed by atoms with van der Waals surface area (Å²) in [7, 11) is 0. The highest BCUT2D eigenvalue weighted by Gasteiger charge is 2.23. The van der Waals surface area contributed by atoms with Crippen LogP contribution in [-0.2, 0) is 0 Å². The summed E-state index contributed by atoms with van der Waals surface area (Å²) < 4.78 is 0. The number of rotatable bonds is 4. The minimum absolute atomic E-state index is 0.430. The molecule has 1 fully saturated rings. The maximum atomic E-state index is 11.2. The average Bonchev–Trinajstić information content (AvgIpc) is 2.72. The minimum atomic E-state index is -0.430. The summed E-state index contributed by atoms with van der Waals surface area (Å²) >= 11 is 0. The van der Waals surface area contributed by atoms with Crippen molar-refractivity contribution in [3.63, 3.8) is 0 Å². The second kappa shape index (κ2) is 5.17. The molecule has 0 saturated heterocycles. The van der Waals surface area contributed by atoms with Gasteiger partial charge in [0.15, 0.2) is 0 Å². The van der Waals surface area contributed by atoms with E-state index in [-0.39, 0.29) is 0 Å². The van der Waals surface area contributed by atoms with Crippen molar-refractivity contribution in [1.29, 1.82) is 0 Å². The zero-order valence-corrected chi connectivity index (χ0v) is 10.1. The van der Waals surface area contributed by atoms with E-state index in [0.717, 1.165) is 12.5 Å². The molecule has 1 saturated carbocycles. The maximum absolute atomic E-state index is 11.2. The normalized spacial score (nSPS) is 23.6. The van der Waals surface area contributed by atoms with E-state index < -0.39 is 5.91 Å². The van der Waals surface area contributed by atoms with Crippen molar-refractivity contribution in [3.8, 4) is 0 Å². The molecule has 0 radical (unpaired) electrons. The van der Waals surface area contributed by atoms with E-state index in [9.17, 15) is 4.79 Å². The highest BCUT2D eigenvalue weighted by Crippen LogP contribution is 2.31. The molecule has 4 nitrogen and oxygen atoms in total. The van der Waals surface area contributed by atoms with Crippen LogP contribution in [0.5, 0.6) is 0 Å². The molecule has 1 aliphatic carbocycles. The molecular formula is C13H19N3O. The van der Waals surface area contributed by atoms with Crippen molar-refractivity contribution >= 4 is 11.7 Å². The van der Waals surface area contributed by atoms with Gasteiger partial charge in [0.25, 0.3) is 5.91 Å². The van der Waals surface area contributed by atoms with Crippen LogP contribution < -0.4 is 11.1 Å². The Bertz CT molecular complexity index is 405. The highest BCUT2D eigenvalue weighted by atomic mass is 16.1. The Morgan fingerprint density at radius 2 is 2.41 bits per heavy atom. The van der Waals surface area contributed by atoms with Gasteiger partial charge in [0, 0.05) is 12.7 Å². The van der Waals surface area contributed by atoms with Crippen molar-refractivity contribution in [1.82, 2.24) is 4.98 Å². The number of hydrogen-bond donors (Lipinski definition) is 2. The molecule has 3 N–H and O–H groups in total. The molecule has 2 atom stereocenters. The largest absolute Gasteiger partial charge is 0.369 e. The quantitative estimate of drug-likeness (QED) is 0.836. The van der Waals surface area contributed by atoms with Gasteiger partial charge in [-0.05, 0) is 30.4 Å². The number of pyridine rings is 1. The molecule has 92 valence electrons. The van der Waals surface area contributed by atoms with Gasteiger partial charge in [-0.3, -0.25) is 4.79 Å². The Morgan fingerprint density at radius 1 is 1.59 bits per heavy atom. The van der Waals surface area contributed by atoms with Crippen LogP contribution in [0.4, 0.5) is 5.82 Å². The van der Waals surface area contributed by atoms with Crippen LogP contribution in [0.1, 0.15) is 36.5 Å². The molecular weight excluding hydrogens is 214 g/mol. The molecule has 0 spiro atoms. The fourth-order valence-electron chi connectivity index (χ4n) is 2.50. The number of nitrogens with two attached hydrogens (primary N) is 1. The van der Waals surface area contributed by atoms with Crippen LogP contribution in [0, 0.1) is 11.8 Å². The van der Waals surface area contributed by atoms with E-state index in [0.29, 0.717) is 17.3 Å². The van der Waals surface area contributed by atoms with Gasteiger partial charge >= 0.3 is 0 Å². The molecule has 1 heterocycles. The SMILES string of the molecule is CC1CCCC1CNc1ncccc1C(N)=O. The topological polar surface area (TPSA) is 68.0 Å². The number of anilines is 1. The maximum Gasteiger partial charge on any atom is 0.252 e. The Hall–Kier alpha value is -1.58. The summed E-state index contributed by atoms with van der Waals surface area (Å²) in [6.07, 6.45) is 5.54. The Labute approximate surface area is 102 Å². The van der Waals surface area contributed by atoms with Crippen LogP contribution in [0.3, 0.4) is 0 Å². The monoisotopic (exact) mass is 233 g/mol. The van der Waals surface area contributed by atoms with Gasteiger partial charge in [0.05, 0.1) is 5.56 Å². The molecule has 0 aromatic carbocycles. The first-order valence-electron chi connectivity index (χ1n) is 6.17. The van der Waals surface area contributed by atoms with Crippen LogP contribution in [-0.4, -0.2) is 17.4 Å². The smallest absolute Gasteiger partial charge is 0.252 e. The predicted octanol–water partition coefficient (Wildman–Crippen LogP) is 2.03. The van der Waals surface area contributed by atoms with Crippen LogP contribution in [0.15, 0.2) is 18.3 Å². The number of hydrogen-bond acceptors (Lipinski definition) is 3. The Kier molecular flexibility index (Phi) is 3.61. The number of amides is 1. The number of aromatic nitrogens is 1. The van der Waals surface area contributed by atoms with E-state index in [1.807, 2.05) is 0 Å². The average molecular weight is 233 g/mol. The number of carbonyl (C=O) groups is 1. The van der Waals surface area contributed by atoms with Crippen molar-refractivity contribution in [2.45, 2.75) is 26.2 Å². The van der Waals surface area contributed by atoms with E-state index in [1.54, 1.807) is 18.3 Å². The Balaban J connectivity index is 2.01. The molecule has 1 aromatic rings. The first kappa shape index (κ1) is 11.9. The molecule has 1 aliphatic rings. The predicted molar refractivity (Wildman–Crippen MR) is 67.7 cm³/mol. The second-order valence-electron chi connectivity index (χ2n) is 4.81. The summed E-state index contributed by atoms with van der Waals surface area (Å²) in [5.41, 5.74) is 5.78. The third kappa shape index (κ3) is 2.75. The molecule has 1 aromatic heterocycles. The summed E-state index contributed by atoms with van der Waals surface area (Å²) in [6, 6.07) is 3.43. The van der Waals surface area contributed by atoms with Crippen molar-refractivity contribution in [2.24, 2.45) is 17.6 Å². The Morgan fingerprint density at radius 3 is 3.06 bits per heavy atom.